The van der Waals surface area contributed by atoms with Crippen molar-refractivity contribution in [2.75, 3.05) is 0 Å². The molecule has 0 bridgehead atoms. The molecule has 2 aromatic carbocycles. The fraction of sp³-hybridized carbons (Fsp3) is 0.111. The van der Waals surface area contributed by atoms with Gasteiger partial charge in [-0.25, -0.2) is 9.37 Å². The third kappa shape index (κ3) is 3.13. The second-order valence-corrected chi connectivity index (χ2v) is 5.39. The third-order valence-corrected chi connectivity index (χ3v) is 3.63. The normalized spacial score (nSPS) is 10.7. The quantitative estimate of drug-likeness (QED) is 0.808. The van der Waals surface area contributed by atoms with Crippen LogP contribution < -0.4 is 5.56 Å². The standard InChI is InChI=1S/C18H15FN2O2/c1-12-2-4-13(5-3-12)10-21-11-20-9-15(18(21)23)14-6-7-17(22)16(19)8-14/h2-9,11,22H,10H2,1H3. The molecule has 3 aromatic rings. The van der Waals surface area contributed by atoms with E-state index < -0.39 is 11.6 Å². The zero-order valence-electron chi connectivity index (χ0n) is 12.5. The van der Waals surface area contributed by atoms with Crippen LogP contribution in [0.4, 0.5) is 4.39 Å². The van der Waals surface area contributed by atoms with Crippen LogP contribution in [0.15, 0.2) is 59.8 Å². The smallest absolute Gasteiger partial charge is 0.261 e. The lowest BCUT2D eigenvalue weighted by Gasteiger charge is -2.08. The summed E-state index contributed by atoms with van der Waals surface area (Å²) < 4.78 is 15.0. The number of phenols is 1. The Balaban J connectivity index is 1.99. The summed E-state index contributed by atoms with van der Waals surface area (Å²) in [6, 6.07) is 11.7. The predicted molar refractivity (Wildman–Crippen MR) is 85.8 cm³/mol. The molecule has 0 atom stereocenters. The van der Waals surface area contributed by atoms with Crippen LogP contribution in [-0.2, 0) is 6.54 Å². The van der Waals surface area contributed by atoms with Crippen molar-refractivity contribution in [3.05, 3.63) is 82.3 Å². The highest BCUT2D eigenvalue weighted by Gasteiger charge is 2.10. The van der Waals surface area contributed by atoms with Crippen molar-refractivity contribution in [2.45, 2.75) is 13.5 Å². The van der Waals surface area contributed by atoms with Gasteiger partial charge >= 0.3 is 0 Å². The van der Waals surface area contributed by atoms with Gasteiger partial charge in [0.05, 0.1) is 18.4 Å². The number of benzene rings is 2. The maximum absolute atomic E-state index is 13.5. The first kappa shape index (κ1) is 15.0. The van der Waals surface area contributed by atoms with Crippen molar-refractivity contribution in [1.82, 2.24) is 9.55 Å². The average Bonchev–Trinajstić information content (AvgIpc) is 2.54. The van der Waals surface area contributed by atoms with Gasteiger partial charge in [0, 0.05) is 6.20 Å². The van der Waals surface area contributed by atoms with Crippen LogP contribution in [0, 0.1) is 12.7 Å². The highest BCUT2D eigenvalue weighted by molar-refractivity contribution is 5.62. The Morgan fingerprint density at radius 3 is 2.61 bits per heavy atom. The minimum atomic E-state index is -0.768. The van der Waals surface area contributed by atoms with Gasteiger partial charge in [-0.3, -0.25) is 9.36 Å². The Hall–Kier alpha value is -2.95. The van der Waals surface area contributed by atoms with Crippen LogP contribution in [0.5, 0.6) is 5.75 Å². The van der Waals surface area contributed by atoms with Crippen LogP contribution in [0.1, 0.15) is 11.1 Å². The average molecular weight is 310 g/mol. The maximum Gasteiger partial charge on any atom is 0.261 e. The van der Waals surface area contributed by atoms with Gasteiger partial charge in [-0.2, -0.15) is 0 Å². The molecule has 0 amide bonds. The van der Waals surface area contributed by atoms with E-state index in [0.29, 0.717) is 17.7 Å². The molecular weight excluding hydrogens is 295 g/mol. The Bertz CT molecular complexity index is 902. The topological polar surface area (TPSA) is 55.1 Å². The SMILES string of the molecule is Cc1ccc(Cn2cncc(-c3ccc(O)c(F)c3)c2=O)cc1. The zero-order valence-corrected chi connectivity index (χ0v) is 12.5. The second kappa shape index (κ2) is 6.04. The minimum absolute atomic E-state index is 0.259. The van der Waals surface area contributed by atoms with E-state index in [1.807, 2.05) is 31.2 Å². The Morgan fingerprint density at radius 1 is 1.17 bits per heavy atom. The molecule has 116 valence electrons. The second-order valence-electron chi connectivity index (χ2n) is 5.39. The molecule has 0 aliphatic heterocycles. The van der Waals surface area contributed by atoms with E-state index in [2.05, 4.69) is 4.98 Å². The Kier molecular flexibility index (Phi) is 3.93. The van der Waals surface area contributed by atoms with Crippen LogP contribution in [0.2, 0.25) is 0 Å². The van der Waals surface area contributed by atoms with Gasteiger partial charge in [-0.1, -0.05) is 35.9 Å². The molecule has 1 heterocycles. The highest BCUT2D eigenvalue weighted by atomic mass is 19.1. The number of aryl methyl sites for hydroxylation is 1. The van der Waals surface area contributed by atoms with Crippen LogP contribution in [-0.4, -0.2) is 14.7 Å². The molecule has 1 N–H and O–H groups in total. The molecule has 0 unspecified atom stereocenters. The fourth-order valence-corrected chi connectivity index (χ4v) is 2.33. The van der Waals surface area contributed by atoms with Gasteiger partial charge in [0.25, 0.3) is 5.56 Å². The number of aromatic hydroxyl groups is 1. The summed E-state index contributed by atoms with van der Waals surface area (Å²) in [6.07, 6.45) is 2.86. The Morgan fingerprint density at radius 2 is 1.91 bits per heavy atom. The van der Waals surface area contributed by atoms with E-state index in [0.717, 1.165) is 17.2 Å². The highest BCUT2D eigenvalue weighted by Crippen LogP contribution is 2.22. The number of hydrogen-bond acceptors (Lipinski definition) is 3. The molecule has 5 heteroatoms. The molecule has 0 saturated carbocycles. The number of nitrogens with zero attached hydrogens (tertiary/aromatic N) is 2. The van der Waals surface area contributed by atoms with E-state index in [4.69, 9.17) is 0 Å². The molecule has 3 rings (SSSR count). The summed E-state index contributed by atoms with van der Waals surface area (Å²) in [5, 5.41) is 9.26. The summed E-state index contributed by atoms with van der Waals surface area (Å²) in [4.78, 5) is 16.6. The van der Waals surface area contributed by atoms with Gasteiger partial charge in [-0.15, -0.1) is 0 Å². The van der Waals surface area contributed by atoms with Crippen molar-refractivity contribution in [2.24, 2.45) is 0 Å². The van der Waals surface area contributed by atoms with Crippen molar-refractivity contribution < 1.29 is 9.50 Å². The molecule has 0 fully saturated rings. The molecule has 0 aliphatic rings. The van der Waals surface area contributed by atoms with Crippen molar-refractivity contribution >= 4 is 0 Å². The molecule has 1 aromatic heterocycles. The number of halogens is 1. The molecule has 0 radical (unpaired) electrons. The first-order valence-electron chi connectivity index (χ1n) is 7.13. The first-order valence-corrected chi connectivity index (χ1v) is 7.13. The number of rotatable bonds is 3. The zero-order chi connectivity index (χ0) is 16.4. The monoisotopic (exact) mass is 310 g/mol. The van der Waals surface area contributed by atoms with Gasteiger partial charge < -0.3 is 5.11 Å². The van der Waals surface area contributed by atoms with Gasteiger partial charge in [0.2, 0.25) is 0 Å². The molecule has 23 heavy (non-hydrogen) atoms. The van der Waals surface area contributed by atoms with Gasteiger partial charge in [0.15, 0.2) is 11.6 Å². The van der Waals surface area contributed by atoms with E-state index in [1.165, 1.54) is 29.2 Å². The van der Waals surface area contributed by atoms with Crippen molar-refractivity contribution in [3.63, 3.8) is 0 Å². The first-order chi connectivity index (χ1) is 11.0. The molecule has 0 spiro atoms. The maximum atomic E-state index is 13.5. The van der Waals surface area contributed by atoms with E-state index in [9.17, 15) is 14.3 Å². The number of aromatic nitrogens is 2. The molecular formula is C18H15FN2O2. The van der Waals surface area contributed by atoms with Crippen LogP contribution >= 0.6 is 0 Å². The van der Waals surface area contributed by atoms with E-state index >= 15 is 0 Å². The summed E-state index contributed by atoms with van der Waals surface area (Å²) in [5.74, 6) is -1.21. The van der Waals surface area contributed by atoms with Crippen molar-refractivity contribution in [1.29, 1.82) is 0 Å². The summed E-state index contributed by atoms with van der Waals surface area (Å²) in [6.45, 7) is 2.39. The van der Waals surface area contributed by atoms with E-state index in [-0.39, 0.29) is 5.56 Å². The van der Waals surface area contributed by atoms with Crippen LogP contribution in [0.25, 0.3) is 11.1 Å². The van der Waals surface area contributed by atoms with Gasteiger partial charge in [0.1, 0.15) is 0 Å². The lowest BCUT2D eigenvalue weighted by Crippen LogP contribution is -2.22. The van der Waals surface area contributed by atoms with Gasteiger partial charge in [-0.05, 0) is 30.2 Å². The lowest BCUT2D eigenvalue weighted by atomic mass is 10.1. The Labute approximate surface area is 132 Å². The minimum Gasteiger partial charge on any atom is -0.505 e. The molecule has 4 nitrogen and oxygen atoms in total. The van der Waals surface area contributed by atoms with E-state index in [1.54, 1.807) is 0 Å². The molecule has 0 saturated heterocycles. The number of hydrogen-bond donors (Lipinski definition) is 1. The number of phenolic OH excluding ortho intramolecular Hbond substituents is 1. The molecule has 0 aliphatic carbocycles. The summed E-state index contributed by atoms with van der Waals surface area (Å²) >= 11 is 0. The van der Waals surface area contributed by atoms with Crippen molar-refractivity contribution in [3.8, 4) is 16.9 Å². The predicted octanol–water partition coefficient (Wildman–Crippen LogP) is 3.11. The lowest BCUT2D eigenvalue weighted by molar-refractivity contribution is 0.432. The summed E-state index contributed by atoms with van der Waals surface area (Å²) in [5.41, 5.74) is 2.54. The van der Waals surface area contributed by atoms with Crippen LogP contribution in [0.3, 0.4) is 0 Å². The third-order valence-electron chi connectivity index (χ3n) is 3.63. The summed E-state index contributed by atoms with van der Waals surface area (Å²) in [7, 11) is 0. The fourth-order valence-electron chi connectivity index (χ4n) is 2.33. The largest absolute Gasteiger partial charge is 0.505 e.